The molecule has 0 aliphatic carbocycles. The lowest BCUT2D eigenvalue weighted by molar-refractivity contribution is 0.397. The van der Waals surface area contributed by atoms with E-state index in [-0.39, 0.29) is 11.8 Å². The van der Waals surface area contributed by atoms with Crippen molar-refractivity contribution in [2.24, 2.45) is 5.73 Å². The van der Waals surface area contributed by atoms with Gasteiger partial charge in [0.25, 0.3) is 0 Å². The Morgan fingerprint density at radius 2 is 1.74 bits per heavy atom. The van der Waals surface area contributed by atoms with Gasteiger partial charge in [0.1, 0.15) is 5.75 Å². The van der Waals surface area contributed by atoms with Crippen LogP contribution in [0, 0.1) is 0 Å². The molecule has 1 unspecified atom stereocenters. The van der Waals surface area contributed by atoms with Gasteiger partial charge in [0.15, 0.2) is 0 Å². The zero-order valence-electron chi connectivity index (χ0n) is 10.9. The maximum atomic E-state index is 9.22. The van der Waals surface area contributed by atoms with Gasteiger partial charge in [-0.2, -0.15) is 0 Å². The molecule has 2 rings (SSSR count). The van der Waals surface area contributed by atoms with Gasteiger partial charge in [-0.15, -0.1) is 0 Å². The first kappa shape index (κ1) is 13.4. The molecule has 4 nitrogen and oxygen atoms in total. The standard InChI is InChI=1S/C15H18N2O2/c1-19-15-7-4-12(10-17-15)9-13(16)8-11-2-5-14(18)6-3-11/h2-7,10,13,18H,8-9,16H2,1H3. The predicted octanol–water partition coefficient (Wildman–Crippen LogP) is 1.91. The maximum absolute atomic E-state index is 9.22. The zero-order valence-corrected chi connectivity index (χ0v) is 10.9. The van der Waals surface area contributed by atoms with Crippen LogP contribution in [0.3, 0.4) is 0 Å². The van der Waals surface area contributed by atoms with Crippen molar-refractivity contribution in [1.29, 1.82) is 0 Å². The van der Waals surface area contributed by atoms with E-state index in [1.807, 2.05) is 24.3 Å². The molecule has 0 radical (unpaired) electrons. The Morgan fingerprint density at radius 3 is 2.32 bits per heavy atom. The molecule has 0 saturated heterocycles. The average Bonchev–Trinajstić information content (AvgIpc) is 2.42. The molecular weight excluding hydrogens is 240 g/mol. The second-order valence-corrected chi connectivity index (χ2v) is 4.54. The number of nitrogens with zero attached hydrogens (tertiary/aromatic N) is 1. The van der Waals surface area contributed by atoms with Crippen LogP contribution in [0.4, 0.5) is 0 Å². The Kier molecular flexibility index (Phi) is 4.36. The van der Waals surface area contributed by atoms with Gasteiger partial charge >= 0.3 is 0 Å². The van der Waals surface area contributed by atoms with Crippen molar-refractivity contribution in [3.8, 4) is 11.6 Å². The summed E-state index contributed by atoms with van der Waals surface area (Å²) in [6.45, 7) is 0. The van der Waals surface area contributed by atoms with Gasteiger partial charge < -0.3 is 15.6 Å². The molecule has 0 fully saturated rings. The number of hydrogen-bond donors (Lipinski definition) is 2. The van der Waals surface area contributed by atoms with Crippen molar-refractivity contribution >= 4 is 0 Å². The molecule has 4 heteroatoms. The first-order chi connectivity index (χ1) is 9.17. The number of hydrogen-bond acceptors (Lipinski definition) is 4. The molecule has 1 aromatic heterocycles. The number of ether oxygens (including phenoxy) is 1. The summed E-state index contributed by atoms with van der Waals surface area (Å²) in [7, 11) is 1.60. The Morgan fingerprint density at radius 1 is 1.11 bits per heavy atom. The third-order valence-electron chi connectivity index (χ3n) is 2.94. The van der Waals surface area contributed by atoms with Gasteiger partial charge in [0.2, 0.25) is 5.88 Å². The molecule has 1 heterocycles. The third kappa shape index (κ3) is 3.96. The van der Waals surface area contributed by atoms with Gasteiger partial charge in [-0.05, 0) is 36.1 Å². The van der Waals surface area contributed by atoms with E-state index < -0.39 is 0 Å². The second kappa shape index (κ2) is 6.20. The molecule has 0 spiro atoms. The fourth-order valence-corrected chi connectivity index (χ4v) is 1.96. The van der Waals surface area contributed by atoms with Crippen molar-refractivity contribution in [2.45, 2.75) is 18.9 Å². The highest BCUT2D eigenvalue weighted by atomic mass is 16.5. The van der Waals surface area contributed by atoms with Crippen LogP contribution in [0.25, 0.3) is 0 Å². The average molecular weight is 258 g/mol. The van der Waals surface area contributed by atoms with E-state index in [0.29, 0.717) is 5.88 Å². The highest BCUT2D eigenvalue weighted by Crippen LogP contribution is 2.13. The van der Waals surface area contributed by atoms with E-state index in [2.05, 4.69) is 4.98 Å². The number of pyridine rings is 1. The van der Waals surface area contributed by atoms with E-state index in [9.17, 15) is 5.11 Å². The van der Waals surface area contributed by atoms with Crippen LogP contribution in [0.2, 0.25) is 0 Å². The van der Waals surface area contributed by atoms with Gasteiger partial charge in [-0.25, -0.2) is 4.98 Å². The van der Waals surface area contributed by atoms with Gasteiger partial charge in [-0.3, -0.25) is 0 Å². The summed E-state index contributed by atoms with van der Waals surface area (Å²) in [5.41, 5.74) is 8.33. The van der Waals surface area contributed by atoms with Crippen molar-refractivity contribution in [1.82, 2.24) is 4.98 Å². The number of rotatable bonds is 5. The molecule has 1 atom stereocenters. The van der Waals surface area contributed by atoms with Crippen LogP contribution in [0.15, 0.2) is 42.6 Å². The number of aromatic nitrogens is 1. The van der Waals surface area contributed by atoms with Crippen LogP contribution in [-0.4, -0.2) is 23.2 Å². The van der Waals surface area contributed by atoms with Crippen molar-refractivity contribution in [2.75, 3.05) is 7.11 Å². The number of benzene rings is 1. The first-order valence-corrected chi connectivity index (χ1v) is 6.20. The summed E-state index contributed by atoms with van der Waals surface area (Å²) >= 11 is 0. The topological polar surface area (TPSA) is 68.4 Å². The first-order valence-electron chi connectivity index (χ1n) is 6.20. The Labute approximate surface area is 112 Å². The quantitative estimate of drug-likeness (QED) is 0.859. The molecule has 3 N–H and O–H groups in total. The van der Waals surface area contributed by atoms with Crippen molar-refractivity contribution in [3.05, 3.63) is 53.7 Å². The van der Waals surface area contributed by atoms with Crippen molar-refractivity contribution in [3.63, 3.8) is 0 Å². The zero-order chi connectivity index (χ0) is 13.7. The fourth-order valence-electron chi connectivity index (χ4n) is 1.96. The molecule has 0 aliphatic heterocycles. The lowest BCUT2D eigenvalue weighted by Crippen LogP contribution is -2.25. The summed E-state index contributed by atoms with van der Waals surface area (Å²) < 4.78 is 5.01. The molecule has 2 aromatic rings. The minimum absolute atomic E-state index is 0.0275. The Balaban J connectivity index is 1.92. The van der Waals surface area contributed by atoms with E-state index in [0.717, 1.165) is 24.0 Å². The lowest BCUT2D eigenvalue weighted by atomic mass is 10.0. The SMILES string of the molecule is COc1ccc(CC(N)Cc2ccc(O)cc2)cn1. The van der Waals surface area contributed by atoms with Gasteiger partial charge in [0, 0.05) is 18.3 Å². The van der Waals surface area contributed by atoms with E-state index in [1.165, 1.54) is 0 Å². The van der Waals surface area contributed by atoms with Crippen LogP contribution >= 0.6 is 0 Å². The third-order valence-corrected chi connectivity index (χ3v) is 2.94. The summed E-state index contributed by atoms with van der Waals surface area (Å²) in [5.74, 6) is 0.882. The molecular formula is C15H18N2O2. The van der Waals surface area contributed by atoms with Gasteiger partial charge in [0.05, 0.1) is 7.11 Å². The summed E-state index contributed by atoms with van der Waals surface area (Å²) in [6.07, 6.45) is 3.32. The smallest absolute Gasteiger partial charge is 0.212 e. The fraction of sp³-hybridized carbons (Fsp3) is 0.267. The highest BCUT2D eigenvalue weighted by Gasteiger charge is 2.06. The number of aromatic hydroxyl groups is 1. The highest BCUT2D eigenvalue weighted by molar-refractivity contribution is 5.27. The van der Waals surface area contributed by atoms with Crippen LogP contribution in [-0.2, 0) is 12.8 Å². The lowest BCUT2D eigenvalue weighted by Gasteiger charge is -2.12. The van der Waals surface area contributed by atoms with Crippen molar-refractivity contribution < 1.29 is 9.84 Å². The molecule has 100 valence electrons. The van der Waals surface area contributed by atoms with Crippen LogP contribution < -0.4 is 10.5 Å². The molecule has 1 aromatic carbocycles. The summed E-state index contributed by atoms with van der Waals surface area (Å²) in [4.78, 5) is 4.16. The molecule has 0 amide bonds. The molecule has 0 saturated carbocycles. The number of phenols is 1. The number of nitrogens with two attached hydrogens (primary N) is 1. The molecule has 0 aliphatic rings. The summed E-state index contributed by atoms with van der Waals surface area (Å²) in [5, 5.41) is 9.22. The predicted molar refractivity (Wildman–Crippen MR) is 74.3 cm³/mol. The van der Waals surface area contributed by atoms with Crippen LogP contribution in [0.5, 0.6) is 11.6 Å². The molecule has 19 heavy (non-hydrogen) atoms. The largest absolute Gasteiger partial charge is 0.508 e. The second-order valence-electron chi connectivity index (χ2n) is 4.54. The van der Waals surface area contributed by atoms with Gasteiger partial charge in [-0.1, -0.05) is 18.2 Å². The van der Waals surface area contributed by atoms with Crippen LogP contribution in [0.1, 0.15) is 11.1 Å². The van der Waals surface area contributed by atoms with E-state index in [1.54, 1.807) is 25.4 Å². The number of phenolic OH excluding ortho intramolecular Hbond substituents is 1. The normalized spacial score (nSPS) is 12.1. The number of methoxy groups -OCH3 is 1. The summed E-state index contributed by atoms with van der Waals surface area (Å²) in [6, 6.07) is 11.0. The Hall–Kier alpha value is -2.07. The van der Waals surface area contributed by atoms with E-state index >= 15 is 0 Å². The minimum atomic E-state index is 0.0275. The maximum Gasteiger partial charge on any atom is 0.212 e. The van der Waals surface area contributed by atoms with E-state index in [4.69, 9.17) is 10.5 Å². The monoisotopic (exact) mass is 258 g/mol. The molecule has 0 bridgehead atoms. The Bertz CT molecular complexity index is 509. The minimum Gasteiger partial charge on any atom is -0.508 e.